The highest BCUT2D eigenvalue weighted by atomic mass is 16.5. The van der Waals surface area contributed by atoms with Crippen LogP contribution in [0, 0.1) is 0 Å². The van der Waals surface area contributed by atoms with Crippen LogP contribution in [0.1, 0.15) is 23.0 Å². The molecule has 3 rings (SSSR count). The van der Waals surface area contributed by atoms with Gasteiger partial charge in [-0.25, -0.2) is 5.43 Å². The Bertz CT molecular complexity index is 964. The lowest BCUT2D eigenvalue weighted by Crippen LogP contribution is -2.19. The molecule has 0 atom stereocenters. The summed E-state index contributed by atoms with van der Waals surface area (Å²) in [6.07, 6.45) is 0. The number of nitrogens with one attached hydrogen (secondary N) is 2. The van der Waals surface area contributed by atoms with Gasteiger partial charge in [-0.05, 0) is 30.7 Å². The van der Waals surface area contributed by atoms with Crippen molar-refractivity contribution in [2.45, 2.75) is 6.92 Å². The maximum atomic E-state index is 12.3. The van der Waals surface area contributed by atoms with Gasteiger partial charge < -0.3 is 9.47 Å². The van der Waals surface area contributed by atoms with E-state index in [2.05, 4.69) is 20.7 Å². The monoisotopic (exact) mass is 364 g/mol. The molecule has 1 aromatic heterocycles. The average molecular weight is 364 g/mol. The molecule has 138 valence electrons. The summed E-state index contributed by atoms with van der Waals surface area (Å²) in [6.45, 7) is 1.83. The molecule has 0 aliphatic heterocycles. The summed E-state index contributed by atoms with van der Waals surface area (Å²) in [7, 11) is 3.16. The lowest BCUT2D eigenvalue weighted by Gasteiger charge is -2.08. The molecule has 7 heteroatoms. The fourth-order valence-electron chi connectivity index (χ4n) is 2.52. The number of carbonyl (C=O) groups is 1. The maximum absolute atomic E-state index is 12.3. The first-order chi connectivity index (χ1) is 13.1. The van der Waals surface area contributed by atoms with E-state index in [-0.39, 0.29) is 5.91 Å². The van der Waals surface area contributed by atoms with E-state index < -0.39 is 0 Å². The number of nitrogens with zero attached hydrogens (tertiary/aromatic N) is 2. The Morgan fingerprint density at radius 2 is 1.85 bits per heavy atom. The SMILES string of the molecule is COc1ccc(-c2cc(C(=O)N/N=C(\C)c3ccccc3)[nH]n2)c(OC)c1. The predicted molar refractivity (Wildman–Crippen MR) is 103 cm³/mol. The number of hydrogen-bond donors (Lipinski definition) is 2. The summed E-state index contributed by atoms with van der Waals surface area (Å²) >= 11 is 0. The van der Waals surface area contributed by atoms with Gasteiger partial charge in [0.1, 0.15) is 17.2 Å². The molecule has 2 aromatic carbocycles. The van der Waals surface area contributed by atoms with Crippen LogP contribution in [-0.4, -0.2) is 36.0 Å². The summed E-state index contributed by atoms with van der Waals surface area (Å²) in [5.74, 6) is 0.900. The van der Waals surface area contributed by atoms with Crippen LogP contribution < -0.4 is 14.9 Å². The predicted octanol–water partition coefficient (Wildman–Crippen LogP) is 3.25. The van der Waals surface area contributed by atoms with E-state index in [4.69, 9.17) is 9.47 Å². The summed E-state index contributed by atoms with van der Waals surface area (Å²) in [5, 5.41) is 11.1. The van der Waals surface area contributed by atoms with Crippen molar-refractivity contribution in [3.8, 4) is 22.8 Å². The number of aromatic amines is 1. The van der Waals surface area contributed by atoms with E-state index >= 15 is 0 Å². The smallest absolute Gasteiger partial charge is 0.289 e. The van der Waals surface area contributed by atoms with Gasteiger partial charge in [0.2, 0.25) is 0 Å². The Balaban J connectivity index is 1.77. The van der Waals surface area contributed by atoms with Crippen LogP contribution in [0.4, 0.5) is 0 Å². The Morgan fingerprint density at radius 1 is 1.07 bits per heavy atom. The molecular weight excluding hydrogens is 344 g/mol. The fraction of sp³-hybridized carbons (Fsp3) is 0.150. The number of hydrogen-bond acceptors (Lipinski definition) is 5. The van der Waals surface area contributed by atoms with Gasteiger partial charge in [-0.1, -0.05) is 30.3 Å². The van der Waals surface area contributed by atoms with Crippen molar-refractivity contribution in [1.29, 1.82) is 0 Å². The van der Waals surface area contributed by atoms with Crippen LogP contribution >= 0.6 is 0 Å². The van der Waals surface area contributed by atoms with E-state index in [0.717, 1.165) is 11.1 Å². The molecule has 0 radical (unpaired) electrons. The molecule has 3 aromatic rings. The second kappa shape index (κ2) is 8.18. The molecule has 27 heavy (non-hydrogen) atoms. The second-order valence-corrected chi connectivity index (χ2v) is 5.74. The lowest BCUT2D eigenvalue weighted by atomic mass is 10.1. The topological polar surface area (TPSA) is 88.6 Å². The number of methoxy groups -OCH3 is 2. The highest BCUT2D eigenvalue weighted by Gasteiger charge is 2.14. The van der Waals surface area contributed by atoms with Crippen LogP contribution in [-0.2, 0) is 0 Å². The van der Waals surface area contributed by atoms with E-state index in [0.29, 0.717) is 28.6 Å². The Morgan fingerprint density at radius 3 is 2.56 bits per heavy atom. The highest BCUT2D eigenvalue weighted by molar-refractivity contribution is 6.00. The number of carbonyl (C=O) groups excluding carboxylic acids is 1. The van der Waals surface area contributed by atoms with Crippen LogP contribution in [0.5, 0.6) is 11.5 Å². The van der Waals surface area contributed by atoms with Crippen molar-refractivity contribution in [3.05, 3.63) is 65.9 Å². The molecule has 0 spiro atoms. The zero-order valence-corrected chi connectivity index (χ0v) is 15.3. The second-order valence-electron chi connectivity index (χ2n) is 5.74. The minimum absolute atomic E-state index is 0.299. The maximum Gasteiger partial charge on any atom is 0.289 e. The first-order valence-corrected chi connectivity index (χ1v) is 8.30. The van der Waals surface area contributed by atoms with Gasteiger partial charge in [0, 0.05) is 11.6 Å². The van der Waals surface area contributed by atoms with Crippen LogP contribution in [0.25, 0.3) is 11.3 Å². The molecule has 7 nitrogen and oxygen atoms in total. The molecule has 1 heterocycles. The van der Waals surface area contributed by atoms with Crippen molar-refractivity contribution in [1.82, 2.24) is 15.6 Å². The first-order valence-electron chi connectivity index (χ1n) is 8.30. The van der Waals surface area contributed by atoms with Crippen LogP contribution in [0.15, 0.2) is 59.7 Å². The van der Waals surface area contributed by atoms with Crippen molar-refractivity contribution in [2.75, 3.05) is 14.2 Å². The molecular formula is C20H20N4O3. The minimum Gasteiger partial charge on any atom is -0.497 e. The van der Waals surface area contributed by atoms with Gasteiger partial charge in [0.25, 0.3) is 5.91 Å². The highest BCUT2D eigenvalue weighted by Crippen LogP contribution is 2.32. The normalized spacial score (nSPS) is 11.1. The zero-order valence-electron chi connectivity index (χ0n) is 15.3. The third-order valence-corrected chi connectivity index (χ3v) is 4.02. The standard InChI is InChI=1S/C20H20N4O3/c1-13(14-7-5-4-6-8-14)21-24-20(25)18-12-17(22-23-18)16-10-9-15(26-2)11-19(16)27-3/h4-12H,1-3H3,(H,22,23)(H,24,25)/b21-13+. The van der Waals surface area contributed by atoms with Crippen LogP contribution in [0.3, 0.4) is 0 Å². The van der Waals surface area contributed by atoms with E-state index in [1.165, 1.54) is 0 Å². The molecule has 0 fully saturated rings. The number of amides is 1. The van der Waals surface area contributed by atoms with Gasteiger partial charge in [0.05, 0.1) is 25.6 Å². The Hall–Kier alpha value is -3.61. The number of ether oxygens (including phenoxy) is 2. The van der Waals surface area contributed by atoms with Gasteiger partial charge in [-0.2, -0.15) is 10.2 Å². The Kier molecular flexibility index (Phi) is 5.51. The molecule has 0 aliphatic carbocycles. The summed E-state index contributed by atoms with van der Waals surface area (Å²) in [6, 6.07) is 16.6. The Labute approximate surface area is 157 Å². The van der Waals surface area contributed by atoms with Crippen molar-refractivity contribution >= 4 is 11.6 Å². The third kappa shape index (κ3) is 4.14. The molecule has 0 saturated carbocycles. The van der Waals surface area contributed by atoms with Crippen LogP contribution in [0.2, 0.25) is 0 Å². The molecule has 0 aliphatic rings. The minimum atomic E-state index is -0.378. The van der Waals surface area contributed by atoms with E-state index in [1.807, 2.05) is 43.3 Å². The van der Waals surface area contributed by atoms with Gasteiger partial charge in [-0.3, -0.25) is 9.89 Å². The number of aromatic nitrogens is 2. The van der Waals surface area contributed by atoms with Crippen molar-refractivity contribution in [2.24, 2.45) is 5.10 Å². The summed E-state index contributed by atoms with van der Waals surface area (Å²) in [4.78, 5) is 12.3. The molecule has 2 N–H and O–H groups in total. The van der Waals surface area contributed by atoms with E-state index in [1.54, 1.807) is 32.4 Å². The molecule has 1 amide bonds. The lowest BCUT2D eigenvalue weighted by molar-refractivity contribution is 0.0950. The number of H-pyrrole nitrogens is 1. The van der Waals surface area contributed by atoms with Gasteiger partial charge in [0.15, 0.2) is 0 Å². The number of benzene rings is 2. The molecule has 0 unspecified atom stereocenters. The number of rotatable bonds is 6. The summed E-state index contributed by atoms with van der Waals surface area (Å²) < 4.78 is 10.6. The van der Waals surface area contributed by atoms with E-state index in [9.17, 15) is 4.79 Å². The van der Waals surface area contributed by atoms with Crippen molar-refractivity contribution < 1.29 is 14.3 Å². The summed E-state index contributed by atoms with van der Waals surface area (Å²) in [5.41, 5.74) is 5.81. The van der Waals surface area contributed by atoms with Crippen molar-refractivity contribution in [3.63, 3.8) is 0 Å². The zero-order chi connectivity index (χ0) is 19.2. The molecule has 0 bridgehead atoms. The fourth-order valence-corrected chi connectivity index (χ4v) is 2.52. The third-order valence-electron chi connectivity index (χ3n) is 4.02. The average Bonchev–Trinajstić information content (AvgIpc) is 3.22. The van der Waals surface area contributed by atoms with Gasteiger partial charge >= 0.3 is 0 Å². The van der Waals surface area contributed by atoms with Gasteiger partial charge in [-0.15, -0.1) is 0 Å². The number of hydrazone groups is 1. The molecule has 0 saturated heterocycles. The quantitative estimate of drug-likeness (QED) is 0.519. The first kappa shape index (κ1) is 18.2. The largest absolute Gasteiger partial charge is 0.497 e.